The number of nitrogens with one attached hydrogen (secondary N) is 1. The fourth-order valence-corrected chi connectivity index (χ4v) is 4.31. The van der Waals surface area contributed by atoms with Crippen molar-refractivity contribution in [2.75, 3.05) is 13.1 Å². The Labute approximate surface area is 153 Å². The highest BCUT2D eigenvalue weighted by Crippen LogP contribution is 2.31. The third-order valence-electron chi connectivity index (χ3n) is 6.01. The Bertz CT molecular complexity index is 775. The molecule has 2 aromatic rings. The van der Waals surface area contributed by atoms with E-state index in [9.17, 15) is 9.18 Å². The number of halogens is 1. The lowest BCUT2D eigenvalue weighted by molar-refractivity contribution is -0.136. The molecule has 2 heterocycles. The van der Waals surface area contributed by atoms with Crippen molar-refractivity contribution in [3.63, 3.8) is 0 Å². The number of carbonyl (C=O) groups excluding carboxylic acids is 1. The van der Waals surface area contributed by atoms with Crippen LogP contribution in [0.25, 0.3) is 11.3 Å². The van der Waals surface area contributed by atoms with E-state index in [-0.39, 0.29) is 11.7 Å². The number of fused-ring (bicyclic) bond motifs is 1. The van der Waals surface area contributed by atoms with Gasteiger partial charge in [-0.1, -0.05) is 6.92 Å². The van der Waals surface area contributed by atoms with E-state index < -0.39 is 0 Å². The van der Waals surface area contributed by atoms with Crippen LogP contribution in [0.5, 0.6) is 0 Å². The molecule has 1 aromatic carbocycles. The first kappa shape index (κ1) is 17.3. The predicted octanol–water partition coefficient (Wildman–Crippen LogP) is 3.97. The molecule has 0 radical (unpaired) electrons. The van der Waals surface area contributed by atoms with Crippen molar-refractivity contribution in [2.24, 2.45) is 11.8 Å². The molecule has 1 aromatic heterocycles. The van der Waals surface area contributed by atoms with E-state index in [4.69, 9.17) is 0 Å². The number of hydrogen-bond acceptors (Lipinski definition) is 2. The van der Waals surface area contributed by atoms with E-state index in [1.165, 1.54) is 30.5 Å². The van der Waals surface area contributed by atoms with E-state index in [1.807, 2.05) is 4.90 Å². The van der Waals surface area contributed by atoms with Crippen LogP contribution in [0.2, 0.25) is 0 Å². The lowest BCUT2D eigenvalue weighted by Crippen LogP contribution is -2.39. The Morgan fingerprint density at radius 3 is 2.54 bits per heavy atom. The van der Waals surface area contributed by atoms with Crippen LogP contribution in [0, 0.1) is 17.7 Å². The summed E-state index contributed by atoms with van der Waals surface area (Å²) in [6.07, 6.45) is 6.00. The van der Waals surface area contributed by atoms with Gasteiger partial charge >= 0.3 is 0 Å². The first-order valence-electron chi connectivity index (χ1n) is 9.72. The van der Waals surface area contributed by atoms with Crippen LogP contribution < -0.4 is 0 Å². The molecule has 0 bridgehead atoms. The highest BCUT2D eigenvalue weighted by molar-refractivity contribution is 5.79. The molecule has 26 heavy (non-hydrogen) atoms. The standard InChI is InChI=1S/C21H26FN3O/c1-14-2-4-16(5-3-14)21(26)25-12-10-18-19(11-13-25)23-24-20(18)15-6-8-17(22)9-7-15/h6-9,14,16H,2-5,10-13H2,1H3,(H,23,24). The van der Waals surface area contributed by atoms with Crippen LogP contribution in [0.3, 0.4) is 0 Å². The number of amides is 1. The lowest BCUT2D eigenvalue weighted by Gasteiger charge is -2.30. The molecular weight excluding hydrogens is 329 g/mol. The minimum atomic E-state index is -0.242. The lowest BCUT2D eigenvalue weighted by atomic mass is 9.82. The minimum absolute atomic E-state index is 0.206. The average molecular weight is 355 g/mol. The number of benzene rings is 1. The summed E-state index contributed by atoms with van der Waals surface area (Å²) in [7, 11) is 0. The summed E-state index contributed by atoms with van der Waals surface area (Å²) in [6, 6.07) is 6.46. The maximum absolute atomic E-state index is 13.2. The van der Waals surface area contributed by atoms with Crippen molar-refractivity contribution in [3.05, 3.63) is 41.3 Å². The first-order chi connectivity index (χ1) is 12.6. The summed E-state index contributed by atoms with van der Waals surface area (Å²) < 4.78 is 13.2. The van der Waals surface area contributed by atoms with Gasteiger partial charge in [-0.25, -0.2) is 4.39 Å². The predicted molar refractivity (Wildman–Crippen MR) is 99.1 cm³/mol. The molecule has 2 aliphatic rings. The Hall–Kier alpha value is -2.17. The van der Waals surface area contributed by atoms with Crippen molar-refractivity contribution in [2.45, 2.75) is 45.4 Å². The third-order valence-corrected chi connectivity index (χ3v) is 6.01. The Balaban J connectivity index is 1.48. The zero-order valence-electron chi connectivity index (χ0n) is 15.3. The van der Waals surface area contributed by atoms with E-state index in [1.54, 1.807) is 12.1 Å². The van der Waals surface area contributed by atoms with E-state index in [2.05, 4.69) is 17.1 Å². The van der Waals surface area contributed by atoms with Gasteiger partial charge in [0.25, 0.3) is 0 Å². The highest BCUT2D eigenvalue weighted by Gasteiger charge is 2.30. The highest BCUT2D eigenvalue weighted by atomic mass is 19.1. The number of H-pyrrole nitrogens is 1. The molecule has 0 unspecified atom stereocenters. The van der Waals surface area contributed by atoms with Gasteiger partial charge in [0.1, 0.15) is 5.82 Å². The molecule has 1 saturated carbocycles. The van der Waals surface area contributed by atoms with Gasteiger partial charge in [-0.3, -0.25) is 9.89 Å². The zero-order chi connectivity index (χ0) is 18.1. The smallest absolute Gasteiger partial charge is 0.225 e. The second-order valence-corrected chi connectivity index (χ2v) is 7.82. The number of aromatic nitrogens is 2. The monoisotopic (exact) mass is 355 g/mol. The van der Waals surface area contributed by atoms with Gasteiger partial charge in [-0.2, -0.15) is 5.10 Å². The van der Waals surface area contributed by atoms with E-state index in [0.717, 1.165) is 61.6 Å². The maximum atomic E-state index is 13.2. The van der Waals surface area contributed by atoms with Gasteiger partial charge in [0.15, 0.2) is 0 Å². The molecule has 5 heteroatoms. The van der Waals surface area contributed by atoms with Gasteiger partial charge in [0.05, 0.1) is 5.69 Å². The molecule has 0 atom stereocenters. The number of carbonyl (C=O) groups is 1. The van der Waals surface area contributed by atoms with Crippen LogP contribution in [0.4, 0.5) is 4.39 Å². The summed E-state index contributed by atoms with van der Waals surface area (Å²) in [5, 5.41) is 7.60. The Morgan fingerprint density at radius 2 is 1.81 bits per heavy atom. The summed E-state index contributed by atoms with van der Waals surface area (Å²) in [5.41, 5.74) is 4.09. The number of hydrogen-bond donors (Lipinski definition) is 1. The topological polar surface area (TPSA) is 49.0 Å². The summed E-state index contributed by atoms with van der Waals surface area (Å²) in [4.78, 5) is 15.0. The number of nitrogens with zero attached hydrogens (tertiary/aromatic N) is 2. The third kappa shape index (κ3) is 3.39. The Morgan fingerprint density at radius 1 is 1.12 bits per heavy atom. The molecule has 4 rings (SSSR count). The van der Waals surface area contributed by atoms with Crippen LogP contribution >= 0.6 is 0 Å². The van der Waals surface area contributed by atoms with E-state index >= 15 is 0 Å². The van der Waals surface area contributed by atoms with Crippen molar-refractivity contribution < 1.29 is 9.18 Å². The molecule has 1 N–H and O–H groups in total. The van der Waals surface area contributed by atoms with Crippen LogP contribution in [0.15, 0.2) is 24.3 Å². The molecule has 138 valence electrons. The van der Waals surface area contributed by atoms with Gasteiger partial charge in [-0.05, 0) is 62.3 Å². The van der Waals surface area contributed by atoms with Crippen LogP contribution in [-0.2, 0) is 17.6 Å². The fraction of sp³-hybridized carbons (Fsp3) is 0.524. The Kier molecular flexibility index (Phi) is 4.79. The van der Waals surface area contributed by atoms with Crippen molar-refractivity contribution >= 4 is 5.91 Å². The molecule has 0 saturated heterocycles. The largest absolute Gasteiger partial charge is 0.342 e. The second kappa shape index (κ2) is 7.22. The summed E-state index contributed by atoms with van der Waals surface area (Å²) >= 11 is 0. The average Bonchev–Trinajstić information content (AvgIpc) is 2.94. The van der Waals surface area contributed by atoms with Gasteiger partial charge in [-0.15, -0.1) is 0 Å². The SMILES string of the molecule is CC1CCC(C(=O)N2CCc3[nH]nc(-c4ccc(F)cc4)c3CC2)CC1. The molecule has 0 spiro atoms. The zero-order valence-corrected chi connectivity index (χ0v) is 15.3. The van der Waals surface area contributed by atoms with Gasteiger partial charge in [0, 0.05) is 42.2 Å². The molecule has 1 amide bonds. The van der Waals surface area contributed by atoms with E-state index in [0.29, 0.717) is 5.91 Å². The molecule has 1 aliphatic carbocycles. The minimum Gasteiger partial charge on any atom is -0.342 e. The summed E-state index contributed by atoms with van der Waals surface area (Å²) in [5.74, 6) is 1.05. The number of aromatic amines is 1. The maximum Gasteiger partial charge on any atom is 0.225 e. The van der Waals surface area contributed by atoms with Crippen LogP contribution in [0.1, 0.15) is 43.9 Å². The van der Waals surface area contributed by atoms with Crippen LogP contribution in [-0.4, -0.2) is 34.1 Å². The van der Waals surface area contributed by atoms with Crippen molar-refractivity contribution in [1.82, 2.24) is 15.1 Å². The molecule has 1 aliphatic heterocycles. The van der Waals surface area contributed by atoms with Gasteiger partial charge in [0.2, 0.25) is 5.91 Å². The summed E-state index contributed by atoms with van der Waals surface area (Å²) in [6.45, 7) is 3.78. The molecule has 4 nitrogen and oxygen atoms in total. The molecule has 1 fully saturated rings. The quantitative estimate of drug-likeness (QED) is 0.886. The fourth-order valence-electron chi connectivity index (χ4n) is 4.31. The normalized spacial score (nSPS) is 23.4. The second-order valence-electron chi connectivity index (χ2n) is 7.82. The first-order valence-corrected chi connectivity index (χ1v) is 9.72. The number of rotatable bonds is 2. The van der Waals surface area contributed by atoms with Gasteiger partial charge < -0.3 is 4.90 Å². The van der Waals surface area contributed by atoms with Crippen molar-refractivity contribution in [3.8, 4) is 11.3 Å². The molecular formula is C21H26FN3O. The van der Waals surface area contributed by atoms with Crippen molar-refractivity contribution in [1.29, 1.82) is 0 Å².